The Morgan fingerprint density at radius 3 is 2.72 bits per heavy atom. The van der Waals surface area contributed by atoms with Crippen LogP contribution >= 0.6 is 0 Å². The Labute approximate surface area is 107 Å². The number of phenolic OH excluding ortho intramolecular Hbond substituents is 1. The average molecular weight is 245 g/mol. The zero-order valence-electron chi connectivity index (χ0n) is 10.6. The first kappa shape index (κ1) is 12.6. The zero-order valence-corrected chi connectivity index (χ0v) is 10.6. The molecule has 0 fully saturated rings. The SMILES string of the molecule is CCCNCc1ccnn1Cc1ccc(O)cc1. The van der Waals surface area contributed by atoms with E-state index in [1.54, 1.807) is 12.1 Å². The standard InChI is InChI=1S/C14H19N3O/c1-2-8-15-10-13-7-9-16-17(13)11-12-3-5-14(18)6-4-12/h3-7,9,15,18H,2,8,10-11H2,1H3. The minimum Gasteiger partial charge on any atom is -0.508 e. The molecule has 1 heterocycles. The third-order valence-corrected chi connectivity index (χ3v) is 2.81. The predicted octanol–water partition coefficient (Wildman–Crippen LogP) is 2.14. The molecule has 0 aliphatic rings. The summed E-state index contributed by atoms with van der Waals surface area (Å²) in [7, 11) is 0. The van der Waals surface area contributed by atoms with Gasteiger partial charge < -0.3 is 10.4 Å². The van der Waals surface area contributed by atoms with Gasteiger partial charge in [0.25, 0.3) is 0 Å². The smallest absolute Gasteiger partial charge is 0.115 e. The van der Waals surface area contributed by atoms with E-state index in [1.165, 1.54) is 5.69 Å². The van der Waals surface area contributed by atoms with Crippen LogP contribution in [0.2, 0.25) is 0 Å². The summed E-state index contributed by atoms with van der Waals surface area (Å²) < 4.78 is 1.98. The lowest BCUT2D eigenvalue weighted by Gasteiger charge is -2.08. The average Bonchev–Trinajstić information content (AvgIpc) is 2.80. The van der Waals surface area contributed by atoms with Gasteiger partial charge in [0, 0.05) is 12.7 Å². The van der Waals surface area contributed by atoms with Crippen molar-refractivity contribution in [1.82, 2.24) is 15.1 Å². The molecule has 0 radical (unpaired) electrons. The first-order chi connectivity index (χ1) is 8.79. The fraction of sp³-hybridized carbons (Fsp3) is 0.357. The van der Waals surface area contributed by atoms with Crippen LogP contribution in [0.1, 0.15) is 24.6 Å². The topological polar surface area (TPSA) is 50.1 Å². The molecule has 2 aromatic rings. The number of hydrogen-bond acceptors (Lipinski definition) is 3. The molecule has 2 rings (SSSR count). The van der Waals surface area contributed by atoms with Crippen LogP contribution in [0.3, 0.4) is 0 Å². The van der Waals surface area contributed by atoms with Crippen molar-refractivity contribution in [3.05, 3.63) is 47.8 Å². The molecule has 0 amide bonds. The summed E-state index contributed by atoms with van der Waals surface area (Å²) in [6.45, 7) is 4.74. The number of aromatic hydroxyl groups is 1. The Bertz CT molecular complexity index is 476. The quantitative estimate of drug-likeness (QED) is 0.767. The highest BCUT2D eigenvalue weighted by Crippen LogP contribution is 2.11. The number of nitrogens with zero attached hydrogens (tertiary/aromatic N) is 2. The number of aromatic nitrogens is 2. The molecular weight excluding hydrogens is 226 g/mol. The summed E-state index contributed by atoms with van der Waals surface area (Å²) in [5.74, 6) is 0.295. The van der Waals surface area contributed by atoms with E-state index < -0.39 is 0 Å². The highest BCUT2D eigenvalue weighted by Gasteiger charge is 2.03. The van der Waals surface area contributed by atoms with Gasteiger partial charge in [-0.25, -0.2) is 0 Å². The van der Waals surface area contributed by atoms with E-state index in [0.29, 0.717) is 5.75 Å². The van der Waals surface area contributed by atoms with Gasteiger partial charge in [0.05, 0.1) is 12.2 Å². The highest BCUT2D eigenvalue weighted by molar-refractivity contribution is 5.26. The fourth-order valence-corrected chi connectivity index (χ4v) is 1.82. The van der Waals surface area contributed by atoms with Crippen LogP contribution < -0.4 is 5.32 Å². The molecule has 1 aromatic heterocycles. The van der Waals surface area contributed by atoms with Crippen molar-refractivity contribution in [3.8, 4) is 5.75 Å². The van der Waals surface area contributed by atoms with E-state index >= 15 is 0 Å². The van der Waals surface area contributed by atoms with E-state index in [9.17, 15) is 5.11 Å². The van der Waals surface area contributed by atoms with Crippen LogP contribution in [-0.2, 0) is 13.1 Å². The Hall–Kier alpha value is -1.81. The van der Waals surface area contributed by atoms with Crippen LogP contribution in [0, 0.1) is 0 Å². The Morgan fingerprint density at radius 1 is 1.22 bits per heavy atom. The van der Waals surface area contributed by atoms with Crippen molar-refractivity contribution in [2.45, 2.75) is 26.4 Å². The maximum Gasteiger partial charge on any atom is 0.115 e. The van der Waals surface area contributed by atoms with E-state index in [0.717, 1.165) is 31.6 Å². The lowest BCUT2D eigenvalue weighted by Crippen LogP contribution is -2.17. The van der Waals surface area contributed by atoms with Crippen molar-refractivity contribution >= 4 is 0 Å². The van der Waals surface area contributed by atoms with Gasteiger partial charge in [-0.05, 0) is 36.7 Å². The largest absolute Gasteiger partial charge is 0.508 e. The molecule has 0 aliphatic heterocycles. The Kier molecular flexibility index (Phi) is 4.36. The Balaban J connectivity index is 2.00. The van der Waals surface area contributed by atoms with Crippen molar-refractivity contribution in [2.75, 3.05) is 6.54 Å². The number of rotatable bonds is 6. The molecule has 4 heteroatoms. The summed E-state index contributed by atoms with van der Waals surface area (Å²) in [5, 5.41) is 16.9. The van der Waals surface area contributed by atoms with Gasteiger partial charge in [0.1, 0.15) is 5.75 Å². The first-order valence-corrected chi connectivity index (χ1v) is 6.29. The monoisotopic (exact) mass is 245 g/mol. The summed E-state index contributed by atoms with van der Waals surface area (Å²) in [6.07, 6.45) is 2.95. The Morgan fingerprint density at radius 2 is 2.00 bits per heavy atom. The van der Waals surface area contributed by atoms with E-state index in [4.69, 9.17) is 0 Å². The summed E-state index contributed by atoms with van der Waals surface area (Å²) >= 11 is 0. The molecular formula is C14H19N3O. The molecule has 0 saturated heterocycles. The van der Waals surface area contributed by atoms with Gasteiger partial charge in [-0.1, -0.05) is 19.1 Å². The molecule has 0 aliphatic carbocycles. The van der Waals surface area contributed by atoms with Crippen molar-refractivity contribution in [1.29, 1.82) is 0 Å². The molecule has 2 N–H and O–H groups in total. The van der Waals surface area contributed by atoms with Crippen molar-refractivity contribution < 1.29 is 5.11 Å². The molecule has 18 heavy (non-hydrogen) atoms. The molecule has 0 bridgehead atoms. The zero-order chi connectivity index (χ0) is 12.8. The summed E-state index contributed by atoms with van der Waals surface area (Å²) in [5.41, 5.74) is 2.31. The van der Waals surface area contributed by atoms with Crippen molar-refractivity contribution in [3.63, 3.8) is 0 Å². The van der Waals surface area contributed by atoms with Crippen LogP contribution in [0.4, 0.5) is 0 Å². The molecule has 0 unspecified atom stereocenters. The number of nitrogens with one attached hydrogen (secondary N) is 1. The maximum absolute atomic E-state index is 9.25. The molecule has 96 valence electrons. The van der Waals surface area contributed by atoms with Crippen LogP contribution in [0.25, 0.3) is 0 Å². The molecule has 1 aromatic carbocycles. The molecule has 0 spiro atoms. The summed E-state index contributed by atoms with van der Waals surface area (Å²) in [4.78, 5) is 0. The fourth-order valence-electron chi connectivity index (χ4n) is 1.82. The van der Waals surface area contributed by atoms with E-state index in [1.807, 2.05) is 29.1 Å². The van der Waals surface area contributed by atoms with Gasteiger partial charge >= 0.3 is 0 Å². The van der Waals surface area contributed by atoms with Crippen LogP contribution in [0.15, 0.2) is 36.5 Å². The van der Waals surface area contributed by atoms with Gasteiger partial charge in [-0.3, -0.25) is 4.68 Å². The minimum absolute atomic E-state index is 0.295. The maximum atomic E-state index is 9.25. The number of hydrogen-bond donors (Lipinski definition) is 2. The number of phenols is 1. The summed E-state index contributed by atoms with van der Waals surface area (Å²) in [6, 6.07) is 9.27. The van der Waals surface area contributed by atoms with E-state index in [-0.39, 0.29) is 0 Å². The van der Waals surface area contributed by atoms with Gasteiger partial charge in [-0.2, -0.15) is 5.10 Å². The van der Waals surface area contributed by atoms with Crippen LogP contribution in [-0.4, -0.2) is 21.4 Å². The first-order valence-electron chi connectivity index (χ1n) is 6.29. The van der Waals surface area contributed by atoms with E-state index in [2.05, 4.69) is 17.3 Å². The third kappa shape index (κ3) is 3.34. The van der Waals surface area contributed by atoms with Gasteiger partial charge in [0.2, 0.25) is 0 Å². The minimum atomic E-state index is 0.295. The third-order valence-electron chi connectivity index (χ3n) is 2.81. The second-order valence-electron chi connectivity index (χ2n) is 4.32. The second-order valence-corrected chi connectivity index (χ2v) is 4.32. The normalized spacial score (nSPS) is 10.7. The molecule has 0 atom stereocenters. The van der Waals surface area contributed by atoms with Gasteiger partial charge in [-0.15, -0.1) is 0 Å². The van der Waals surface area contributed by atoms with Crippen molar-refractivity contribution in [2.24, 2.45) is 0 Å². The lowest BCUT2D eigenvalue weighted by molar-refractivity contribution is 0.475. The molecule has 4 nitrogen and oxygen atoms in total. The lowest BCUT2D eigenvalue weighted by atomic mass is 10.2. The van der Waals surface area contributed by atoms with Gasteiger partial charge in [0.15, 0.2) is 0 Å². The second kappa shape index (κ2) is 6.21. The number of benzene rings is 1. The van der Waals surface area contributed by atoms with Crippen LogP contribution in [0.5, 0.6) is 5.75 Å². The highest BCUT2D eigenvalue weighted by atomic mass is 16.3. The molecule has 0 saturated carbocycles. The predicted molar refractivity (Wildman–Crippen MR) is 71.4 cm³/mol.